The van der Waals surface area contributed by atoms with Crippen LogP contribution in [0.1, 0.15) is 17.5 Å². The van der Waals surface area contributed by atoms with E-state index in [0.29, 0.717) is 12.5 Å². The summed E-state index contributed by atoms with van der Waals surface area (Å²) in [5.74, 6) is 1.82. The molecule has 2 aromatic heterocycles. The quantitative estimate of drug-likeness (QED) is 0.881. The zero-order chi connectivity index (χ0) is 17.1. The van der Waals surface area contributed by atoms with Crippen LogP contribution in [-0.4, -0.2) is 15.8 Å². The van der Waals surface area contributed by atoms with Crippen molar-refractivity contribution in [1.82, 2.24) is 15.3 Å². The fraction of sp³-hybridized carbons (Fsp3) is 0.211. The highest BCUT2D eigenvalue weighted by Crippen LogP contribution is 2.28. The number of aliphatic imine (C=N–C) groups is 1. The Kier molecular flexibility index (Phi) is 4.24. The zero-order valence-electron chi connectivity index (χ0n) is 13.6. The highest BCUT2D eigenvalue weighted by atomic mass is 19.1. The lowest BCUT2D eigenvalue weighted by Crippen LogP contribution is -2.28. The lowest BCUT2D eigenvalue weighted by Gasteiger charge is -2.19. The van der Waals surface area contributed by atoms with E-state index in [2.05, 4.69) is 37.7 Å². The second kappa shape index (κ2) is 6.84. The minimum Gasteiger partial charge on any atom is -0.366 e. The Hall–Kier alpha value is -3.02. The second-order valence-electron chi connectivity index (χ2n) is 6.15. The first kappa shape index (κ1) is 15.5. The fourth-order valence-electron chi connectivity index (χ4n) is 3.04. The first-order chi connectivity index (χ1) is 12.3. The molecule has 0 saturated carbocycles. The van der Waals surface area contributed by atoms with Crippen LogP contribution in [-0.2, 0) is 13.0 Å². The molecule has 4 rings (SSSR count). The number of allylic oxidation sites excluding steroid dienone is 1. The first-order valence-electron chi connectivity index (χ1n) is 8.24. The highest BCUT2D eigenvalue weighted by molar-refractivity contribution is 5.91. The van der Waals surface area contributed by atoms with E-state index in [1.54, 1.807) is 6.20 Å². The molecule has 25 heavy (non-hydrogen) atoms. The molecule has 1 unspecified atom stereocenters. The smallest absolute Gasteiger partial charge is 0.141 e. The standard InChI is InChI=1S/C19H18FN5/c20-16-7-14(8-21-12-16)10-24-18-4-3-13(9-23-18)6-15-11-25-19-17(15)2-1-5-22-19/h1,3-5,7-9,11-12,17H,2,6,10H2,(H,22,25)(H,23,24). The Labute approximate surface area is 145 Å². The van der Waals surface area contributed by atoms with Crippen molar-refractivity contribution in [2.24, 2.45) is 10.9 Å². The molecule has 2 aliphatic heterocycles. The number of nitrogens with zero attached hydrogens (tertiary/aromatic N) is 3. The number of halogens is 1. The van der Waals surface area contributed by atoms with Crippen molar-refractivity contribution in [2.75, 3.05) is 5.32 Å². The maximum Gasteiger partial charge on any atom is 0.141 e. The predicted octanol–water partition coefficient (Wildman–Crippen LogP) is 3.19. The number of fused-ring (bicyclic) bond motifs is 1. The van der Waals surface area contributed by atoms with E-state index in [1.807, 2.05) is 24.7 Å². The number of pyridine rings is 2. The van der Waals surface area contributed by atoms with Gasteiger partial charge < -0.3 is 10.6 Å². The molecule has 5 nitrogen and oxygen atoms in total. The summed E-state index contributed by atoms with van der Waals surface area (Å²) in [7, 11) is 0. The van der Waals surface area contributed by atoms with Gasteiger partial charge in [0.05, 0.1) is 6.20 Å². The van der Waals surface area contributed by atoms with Crippen LogP contribution in [0.3, 0.4) is 0 Å². The lowest BCUT2D eigenvalue weighted by atomic mass is 9.91. The maximum atomic E-state index is 13.1. The molecule has 4 heterocycles. The number of hydrogen-bond acceptors (Lipinski definition) is 5. The average molecular weight is 335 g/mol. The predicted molar refractivity (Wildman–Crippen MR) is 95.4 cm³/mol. The summed E-state index contributed by atoms with van der Waals surface area (Å²) in [5.41, 5.74) is 3.24. The SMILES string of the molecule is Fc1cncc(CNc2ccc(CC3=CN=C4NC=CCC34)cn2)c1. The third-order valence-corrected chi connectivity index (χ3v) is 4.34. The van der Waals surface area contributed by atoms with E-state index in [1.165, 1.54) is 17.8 Å². The summed E-state index contributed by atoms with van der Waals surface area (Å²) in [6, 6.07) is 5.47. The molecule has 2 aliphatic rings. The fourth-order valence-corrected chi connectivity index (χ4v) is 3.04. The second-order valence-corrected chi connectivity index (χ2v) is 6.15. The lowest BCUT2D eigenvalue weighted by molar-refractivity contribution is 0.619. The topological polar surface area (TPSA) is 62.2 Å². The monoisotopic (exact) mass is 335 g/mol. The summed E-state index contributed by atoms with van der Waals surface area (Å²) < 4.78 is 13.1. The molecule has 2 N–H and O–H groups in total. The van der Waals surface area contributed by atoms with Gasteiger partial charge in [-0.2, -0.15) is 0 Å². The number of aromatic nitrogens is 2. The van der Waals surface area contributed by atoms with Gasteiger partial charge in [-0.3, -0.25) is 4.98 Å². The highest BCUT2D eigenvalue weighted by Gasteiger charge is 2.25. The van der Waals surface area contributed by atoms with Crippen LogP contribution in [0.25, 0.3) is 0 Å². The summed E-state index contributed by atoms with van der Waals surface area (Å²) in [6.07, 6.45) is 12.6. The molecule has 0 bridgehead atoms. The maximum absolute atomic E-state index is 13.1. The van der Waals surface area contributed by atoms with E-state index >= 15 is 0 Å². The van der Waals surface area contributed by atoms with Crippen molar-refractivity contribution < 1.29 is 4.39 Å². The van der Waals surface area contributed by atoms with Crippen molar-refractivity contribution in [2.45, 2.75) is 19.4 Å². The van der Waals surface area contributed by atoms with Gasteiger partial charge in [0.15, 0.2) is 0 Å². The van der Waals surface area contributed by atoms with Gasteiger partial charge in [0.2, 0.25) is 0 Å². The average Bonchev–Trinajstić information content (AvgIpc) is 3.04. The normalized spacial score (nSPS) is 18.2. The van der Waals surface area contributed by atoms with Crippen LogP contribution >= 0.6 is 0 Å². The Balaban J connectivity index is 1.35. The van der Waals surface area contributed by atoms with Gasteiger partial charge in [0.25, 0.3) is 0 Å². The molecule has 0 saturated heterocycles. The molecule has 0 aliphatic carbocycles. The van der Waals surface area contributed by atoms with E-state index in [4.69, 9.17) is 0 Å². The van der Waals surface area contributed by atoms with E-state index in [0.717, 1.165) is 35.6 Å². The van der Waals surface area contributed by atoms with Gasteiger partial charge in [-0.25, -0.2) is 14.4 Å². The number of nitrogens with one attached hydrogen (secondary N) is 2. The van der Waals surface area contributed by atoms with E-state index < -0.39 is 0 Å². The minimum atomic E-state index is -0.332. The summed E-state index contributed by atoms with van der Waals surface area (Å²) >= 11 is 0. The molecule has 126 valence electrons. The first-order valence-corrected chi connectivity index (χ1v) is 8.24. The third-order valence-electron chi connectivity index (χ3n) is 4.34. The van der Waals surface area contributed by atoms with Crippen molar-refractivity contribution in [3.8, 4) is 0 Å². The Morgan fingerprint density at radius 1 is 1.20 bits per heavy atom. The molecule has 6 heteroatoms. The van der Waals surface area contributed by atoms with Crippen LogP contribution in [0.5, 0.6) is 0 Å². The van der Waals surface area contributed by atoms with Crippen LogP contribution in [0.4, 0.5) is 10.2 Å². The molecular weight excluding hydrogens is 317 g/mol. The summed E-state index contributed by atoms with van der Waals surface area (Å²) in [5, 5.41) is 6.38. The molecule has 0 spiro atoms. The molecule has 0 amide bonds. The Morgan fingerprint density at radius 3 is 3.00 bits per heavy atom. The van der Waals surface area contributed by atoms with Crippen LogP contribution in [0, 0.1) is 11.7 Å². The van der Waals surface area contributed by atoms with Gasteiger partial charge in [-0.15, -0.1) is 0 Å². The number of rotatable bonds is 5. The van der Waals surface area contributed by atoms with Gasteiger partial charge in [-0.05, 0) is 47.9 Å². The van der Waals surface area contributed by atoms with Crippen molar-refractivity contribution >= 4 is 11.7 Å². The van der Waals surface area contributed by atoms with Gasteiger partial charge in [0.1, 0.15) is 17.5 Å². The number of amidine groups is 1. The van der Waals surface area contributed by atoms with Crippen molar-refractivity contribution in [3.05, 3.63) is 77.8 Å². The zero-order valence-corrected chi connectivity index (χ0v) is 13.6. The van der Waals surface area contributed by atoms with E-state index in [-0.39, 0.29) is 5.82 Å². The van der Waals surface area contributed by atoms with Crippen molar-refractivity contribution in [3.63, 3.8) is 0 Å². The third kappa shape index (κ3) is 3.57. The molecule has 0 aromatic carbocycles. The molecule has 1 atom stereocenters. The van der Waals surface area contributed by atoms with Gasteiger partial charge in [-0.1, -0.05) is 12.1 Å². The molecule has 2 aromatic rings. The Morgan fingerprint density at radius 2 is 2.16 bits per heavy atom. The van der Waals surface area contributed by atoms with Gasteiger partial charge >= 0.3 is 0 Å². The molecule has 0 fully saturated rings. The van der Waals surface area contributed by atoms with E-state index in [9.17, 15) is 4.39 Å². The largest absolute Gasteiger partial charge is 0.366 e. The number of hydrogen-bond donors (Lipinski definition) is 2. The number of anilines is 1. The van der Waals surface area contributed by atoms with Crippen LogP contribution in [0.2, 0.25) is 0 Å². The minimum absolute atomic E-state index is 0.332. The Bertz CT molecular complexity index is 854. The molecule has 0 radical (unpaired) electrons. The summed E-state index contributed by atoms with van der Waals surface area (Å²) in [4.78, 5) is 12.7. The van der Waals surface area contributed by atoms with Crippen LogP contribution < -0.4 is 10.6 Å². The summed E-state index contributed by atoms with van der Waals surface area (Å²) in [6.45, 7) is 0.486. The van der Waals surface area contributed by atoms with Gasteiger partial charge in [0, 0.05) is 31.1 Å². The molecular formula is C19H18FN5. The van der Waals surface area contributed by atoms with Crippen molar-refractivity contribution in [1.29, 1.82) is 0 Å². The van der Waals surface area contributed by atoms with Crippen LogP contribution in [0.15, 0.2) is 65.8 Å².